The summed E-state index contributed by atoms with van der Waals surface area (Å²) in [6, 6.07) is 5.73. The van der Waals surface area contributed by atoms with Crippen molar-refractivity contribution in [1.29, 1.82) is 0 Å². The average Bonchev–Trinajstić information content (AvgIpc) is 2.37. The Morgan fingerprint density at radius 1 is 1.20 bits per heavy atom. The third kappa shape index (κ3) is 2.69. The Bertz CT molecular complexity index is 686. The minimum absolute atomic E-state index is 0.0486. The number of carbonyl (C=O) groups is 1. The van der Waals surface area contributed by atoms with Crippen LogP contribution in [0.4, 0.5) is 14.5 Å². The molecular formula is C14H11F2NO3. The average molecular weight is 279 g/mol. The number of benzene rings is 2. The predicted octanol–water partition coefficient (Wildman–Crippen LogP) is 3.35. The van der Waals surface area contributed by atoms with Crippen LogP contribution in [0.25, 0.3) is 0 Å². The zero-order chi connectivity index (χ0) is 14.9. The van der Waals surface area contributed by atoms with Crippen LogP contribution in [0.15, 0.2) is 30.3 Å². The lowest BCUT2D eigenvalue weighted by Crippen LogP contribution is -2.03. The molecule has 0 radical (unpaired) electrons. The predicted molar refractivity (Wildman–Crippen MR) is 69.0 cm³/mol. The molecule has 0 aliphatic heterocycles. The van der Waals surface area contributed by atoms with E-state index in [0.29, 0.717) is 5.56 Å². The van der Waals surface area contributed by atoms with Gasteiger partial charge in [0, 0.05) is 12.1 Å². The Hall–Kier alpha value is -2.63. The van der Waals surface area contributed by atoms with Crippen molar-refractivity contribution in [3.8, 4) is 11.5 Å². The maximum absolute atomic E-state index is 13.6. The second-order valence-electron chi connectivity index (χ2n) is 4.19. The molecule has 2 aromatic carbocycles. The van der Waals surface area contributed by atoms with Crippen LogP contribution in [0.5, 0.6) is 11.5 Å². The van der Waals surface area contributed by atoms with Crippen molar-refractivity contribution in [2.75, 3.05) is 5.73 Å². The molecule has 20 heavy (non-hydrogen) atoms. The van der Waals surface area contributed by atoms with E-state index in [4.69, 9.17) is 15.6 Å². The van der Waals surface area contributed by atoms with Gasteiger partial charge < -0.3 is 15.6 Å². The van der Waals surface area contributed by atoms with E-state index in [0.717, 1.165) is 18.2 Å². The van der Waals surface area contributed by atoms with Gasteiger partial charge in [-0.3, -0.25) is 0 Å². The molecule has 0 saturated heterocycles. The van der Waals surface area contributed by atoms with E-state index in [9.17, 15) is 13.6 Å². The number of aryl methyl sites for hydroxylation is 1. The zero-order valence-electron chi connectivity index (χ0n) is 10.5. The second kappa shape index (κ2) is 5.16. The number of carboxylic acids is 1. The van der Waals surface area contributed by atoms with E-state index in [2.05, 4.69) is 0 Å². The van der Waals surface area contributed by atoms with Gasteiger partial charge in [-0.2, -0.15) is 0 Å². The molecule has 0 amide bonds. The van der Waals surface area contributed by atoms with Gasteiger partial charge in [-0.25, -0.2) is 13.6 Å². The highest BCUT2D eigenvalue weighted by molar-refractivity contribution is 5.89. The largest absolute Gasteiger partial charge is 0.478 e. The van der Waals surface area contributed by atoms with E-state index in [-0.39, 0.29) is 17.2 Å². The molecule has 3 N–H and O–H groups in total. The number of hydrogen-bond donors (Lipinski definition) is 2. The lowest BCUT2D eigenvalue weighted by atomic mass is 10.1. The highest BCUT2D eigenvalue weighted by Crippen LogP contribution is 2.32. The van der Waals surface area contributed by atoms with Crippen LogP contribution < -0.4 is 10.5 Å². The van der Waals surface area contributed by atoms with Crippen molar-refractivity contribution in [1.82, 2.24) is 0 Å². The smallest absolute Gasteiger partial charge is 0.338 e. The first-order chi connectivity index (χ1) is 9.38. The molecule has 0 fully saturated rings. The fourth-order valence-corrected chi connectivity index (χ4v) is 1.63. The number of ether oxygens (including phenoxy) is 1. The number of nitrogens with two attached hydrogens (primary N) is 1. The molecule has 0 aromatic heterocycles. The number of carboxylic acid groups (broad SMARTS) is 1. The van der Waals surface area contributed by atoms with Crippen LogP contribution in [0.1, 0.15) is 15.9 Å². The Kier molecular flexibility index (Phi) is 3.56. The van der Waals surface area contributed by atoms with E-state index in [1.807, 2.05) is 0 Å². The van der Waals surface area contributed by atoms with Crippen LogP contribution in [-0.4, -0.2) is 11.1 Å². The highest BCUT2D eigenvalue weighted by Gasteiger charge is 2.15. The normalized spacial score (nSPS) is 10.3. The van der Waals surface area contributed by atoms with E-state index in [1.165, 1.54) is 12.1 Å². The minimum atomic E-state index is -1.43. The molecule has 0 spiro atoms. The Morgan fingerprint density at radius 3 is 2.55 bits per heavy atom. The molecule has 2 aromatic rings. The first-order valence-corrected chi connectivity index (χ1v) is 5.65. The molecule has 0 aliphatic carbocycles. The summed E-state index contributed by atoms with van der Waals surface area (Å²) in [5, 5.41) is 8.77. The molecule has 0 unspecified atom stereocenters. The summed E-state index contributed by atoms with van der Waals surface area (Å²) in [4.78, 5) is 10.8. The number of halogens is 2. The van der Waals surface area contributed by atoms with E-state index < -0.39 is 23.2 Å². The highest BCUT2D eigenvalue weighted by atomic mass is 19.1. The van der Waals surface area contributed by atoms with Crippen LogP contribution in [0.3, 0.4) is 0 Å². The molecule has 6 heteroatoms. The second-order valence-corrected chi connectivity index (χ2v) is 4.19. The summed E-state index contributed by atoms with van der Waals surface area (Å²) in [5.41, 5.74) is 5.65. The lowest BCUT2D eigenvalue weighted by Gasteiger charge is -2.12. The number of nitrogen functional groups attached to an aromatic ring is 1. The van der Waals surface area contributed by atoms with Crippen LogP contribution in [0.2, 0.25) is 0 Å². The number of anilines is 1. The summed E-state index contributed by atoms with van der Waals surface area (Å²) >= 11 is 0. The van der Waals surface area contributed by atoms with E-state index in [1.54, 1.807) is 6.92 Å². The summed E-state index contributed by atoms with van der Waals surface area (Å²) in [6.07, 6.45) is 0. The Balaban J connectivity index is 2.42. The summed E-state index contributed by atoms with van der Waals surface area (Å²) in [7, 11) is 0. The van der Waals surface area contributed by atoms with Crippen molar-refractivity contribution < 1.29 is 23.4 Å². The van der Waals surface area contributed by atoms with Gasteiger partial charge in [0.25, 0.3) is 0 Å². The summed E-state index contributed by atoms with van der Waals surface area (Å²) < 4.78 is 32.0. The monoisotopic (exact) mass is 279 g/mol. The zero-order valence-corrected chi connectivity index (χ0v) is 10.5. The third-order valence-electron chi connectivity index (χ3n) is 2.70. The fourth-order valence-electron chi connectivity index (χ4n) is 1.63. The SMILES string of the molecule is Cc1ccc(F)cc1Oc1cc(F)c(C(=O)O)cc1N. The maximum Gasteiger partial charge on any atom is 0.338 e. The Morgan fingerprint density at radius 2 is 1.90 bits per heavy atom. The first-order valence-electron chi connectivity index (χ1n) is 5.65. The maximum atomic E-state index is 13.6. The van der Waals surface area contributed by atoms with Crippen molar-refractivity contribution in [3.63, 3.8) is 0 Å². The molecule has 104 valence electrons. The minimum Gasteiger partial charge on any atom is -0.478 e. The molecular weight excluding hydrogens is 268 g/mol. The van der Waals surface area contributed by atoms with Crippen molar-refractivity contribution in [2.45, 2.75) is 6.92 Å². The number of rotatable bonds is 3. The van der Waals surface area contributed by atoms with Gasteiger partial charge in [0.05, 0.1) is 11.3 Å². The van der Waals surface area contributed by atoms with Gasteiger partial charge in [0.2, 0.25) is 0 Å². The molecule has 0 heterocycles. The van der Waals surface area contributed by atoms with Crippen molar-refractivity contribution >= 4 is 11.7 Å². The standard InChI is InChI=1S/C14H11F2NO3/c1-7-2-3-8(15)4-12(7)20-13-6-10(16)9(14(18)19)5-11(13)17/h2-6H,17H2,1H3,(H,18,19). The van der Waals surface area contributed by atoms with Crippen LogP contribution in [-0.2, 0) is 0 Å². The van der Waals surface area contributed by atoms with Gasteiger partial charge in [-0.15, -0.1) is 0 Å². The molecule has 2 rings (SSSR count). The topological polar surface area (TPSA) is 72.5 Å². The van der Waals surface area contributed by atoms with Crippen molar-refractivity contribution in [2.24, 2.45) is 0 Å². The van der Waals surface area contributed by atoms with Gasteiger partial charge in [0.1, 0.15) is 17.4 Å². The third-order valence-corrected chi connectivity index (χ3v) is 2.70. The summed E-state index contributed by atoms with van der Waals surface area (Å²) in [5.74, 6) is -2.80. The van der Waals surface area contributed by atoms with Crippen molar-refractivity contribution in [3.05, 3.63) is 53.1 Å². The van der Waals surface area contributed by atoms with Gasteiger partial charge >= 0.3 is 5.97 Å². The Labute approximate surface area is 113 Å². The fraction of sp³-hybridized carbons (Fsp3) is 0.0714. The molecule has 0 bridgehead atoms. The molecule has 0 atom stereocenters. The molecule has 4 nitrogen and oxygen atoms in total. The van der Waals surface area contributed by atoms with Gasteiger partial charge in [-0.1, -0.05) is 6.07 Å². The summed E-state index contributed by atoms with van der Waals surface area (Å²) in [6.45, 7) is 1.69. The van der Waals surface area contributed by atoms with E-state index >= 15 is 0 Å². The van der Waals surface area contributed by atoms with Gasteiger partial charge in [-0.05, 0) is 24.6 Å². The molecule has 0 saturated carbocycles. The first kappa shape index (κ1) is 13.8. The van der Waals surface area contributed by atoms with Crippen LogP contribution in [0, 0.1) is 18.6 Å². The number of aromatic carboxylic acids is 1. The van der Waals surface area contributed by atoms with Gasteiger partial charge in [0.15, 0.2) is 5.75 Å². The quantitative estimate of drug-likeness (QED) is 0.845. The number of hydrogen-bond acceptors (Lipinski definition) is 3. The molecule has 0 aliphatic rings. The van der Waals surface area contributed by atoms with Crippen LogP contribution >= 0.6 is 0 Å². The lowest BCUT2D eigenvalue weighted by molar-refractivity contribution is 0.0692.